The molecule has 4 aromatic heterocycles. The minimum absolute atomic E-state index is 0.763. The van der Waals surface area contributed by atoms with Crippen LogP contribution in [0.3, 0.4) is 0 Å². The molecule has 0 aliphatic heterocycles. The third-order valence-corrected chi connectivity index (χ3v) is 6.17. The van der Waals surface area contributed by atoms with Gasteiger partial charge in [-0.1, -0.05) is 18.2 Å². The van der Waals surface area contributed by atoms with E-state index in [0.717, 1.165) is 50.1 Å². The minimum atomic E-state index is 0.763. The van der Waals surface area contributed by atoms with Crippen molar-refractivity contribution in [2.24, 2.45) is 0 Å². The number of rotatable bonds is 3. The Hall–Kier alpha value is -3.77. The number of thiophene rings is 1. The van der Waals surface area contributed by atoms with Crippen molar-refractivity contribution in [2.75, 3.05) is 0 Å². The largest absolute Gasteiger partial charge is 0.337 e. The second-order valence-electron chi connectivity index (χ2n) is 7.32. The third-order valence-electron chi connectivity index (χ3n) is 5.48. The normalized spacial score (nSPS) is 11.5. The summed E-state index contributed by atoms with van der Waals surface area (Å²) in [5, 5.41) is 13.0. The summed E-state index contributed by atoms with van der Waals surface area (Å²) in [5.74, 6) is 0.763. The smallest absolute Gasteiger partial charge is 0.159 e. The van der Waals surface area contributed by atoms with Crippen LogP contribution in [0.4, 0.5) is 0 Å². The molecule has 0 atom stereocenters. The van der Waals surface area contributed by atoms with Crippen molar-refractivity contribution in [1.29, 1.82) is 0 Å². The third kappa shape index (κ3) is 2.65. The molecule has 0 saturated heterocycles. The number of para-hydroxylation sites is 1. The molecule has 0 bridgehead atoms. The zero-order chi connectivity index (χ0) is 20.1. The molecular formula is C24H17N5S. The number of hydrogen-bond donors (Lipinski definition) is 2. The van der Waals surface area contributed by atoms with E-state index < -0.39 is 0 Å². The van der Waals surface area contributed by atoms with Crippen molar-refractivity contribution >= 4 is 33.3 Å². The topological polar surface area (TPSA) is 70.2 Å². The molecule has 0 radical (unpaired) electrons. The molecule has 4 heterocycles. The van der Waals surface area contributed by atoms with Crippen LogP contribution in [0, 0.1) is 6.92 Å². The molecule has 144 valence electrons. The Bertz CT molecular complexity index is 1510. The van der Waals surface area contributed by atoms with E-state index in [4.69, 9.17) is 4.98 Å². The molecule has 2 aromatic carbocycles. The van der Waals surface area contributed by atoms with Crippen LogP contribution in [0.25, 0.3) is 55.7 Å². The van der Waals surface area contributed by atoms with E-state index in [1.807, 2.05) is 18.5 Å². The maximum Gasteiger partial charge on any atom is 0.159 e. The molecule has 5 nitrogen and oxygen atoms in total. The molecule has 0 unspecified atom stereocenters. The number of benzene rings is 2. The molecule has 30 heavy (non-hydrogen) atoms. The number of nitrogens with zero attached hydrogens (tertiary/aromatic N) is 3. The Morgan fingerprint density at radius 3 is 2.77 bits per heavy atom. The van der Waals surface area contributed by atoms with Crippen LogP contribution in [0.5, 0.6) is 0 Å². The lowest BCUT2D eigenvalue weighted by molar-refractivity contribution is 1.11. The van der Waals surface area contributed by atoms with Gasteiger partial charge < -0.3 is 4.98 Å². The van der Waals surface area contributed by atoms with Crippen LogP contribution < -0.4 is 0 Å². The Morgan fingerprint density at radius 2 is 1.90 bits per heavy atom. The van der Waals surface area contributed by atoms with Gasteiger partial charge in [0.25, 0.3) is 0 Å². The maximum absolute atomic E-state index is 4.94. The Morgan fingerprint density at radius 1 is 0.933 bits per heavy atom. The van der Waals surface area contributed by atoms with Gasteiger partial charge in [0, 0.05) is 28.9 Å². The van der Waals surface area contributed by atoms with Crippen molar-refractivity contribution in [3.8, 4) is 33.8 Å². The summed E-state index contributed by atoms with van der Waals surface area (Å²) in [4.78, 5) is 12.7. The average molecular weight is 408 g/mol. The van der Waals surface area contributed by atoms with Gasteiger partial charge >= 0.3 is 0 Å². The van der Waals surface area contributed by atoms with E-state index in [1.54, 1.807) is 11.3 Å². The second kappa shape index (κ2) is 6.64. The highest BCUT2D eigenvalue weighted by Crippen LogP contribution is 2.34. The lowest BCUT2D eigenvalue weighted by atomic mass is 10.0. The summed E-state index contributed by atoms with van der Waals surface area (Å²) >= 11 is 1.69. The molecular weight excluding hydrogens is 390 g/mol. The van der Waals surface area contributed by atoms with Gasteiger partial charge in [-0.05, 0) is 64.7 Å². The van der Waals surface area contributed by atoms with Gasteiger partial charge in [-0.25, -0.2) is 4.98 Å². The molecule has 0 amide bonds. The molecule has 0 aliphatic rings. The number of aromatic amines is 2. The fourth-order valence-corrected chi connectivity index (χ4v) is 4.58. The van der Waals surface area contributed by atoms with E-state index in [-0.39, 0.29) is 0 Å². The molecule has 6 aromatic rings. The van der Waals surface area contributed by atoms with Gasteiger partial charge in [0.15, 0.2) is 5.82 Å². The van der Waals surface area contributed by atoms with Gasteiger partial charge in [-0.15, -0.1) is 0 Å². The lowest BCUT2D eigenvalue weighted by Gasteiger charge is -2.05. The number of aryl methyl sites for hydroxylation is 1. The highest BCUT2D eigenvalue weighted by Gasteiger charge is 2.16. The first-order chi connectivity index (χ1) is 14.8. The molecule has 6 heteroatoms. The van der Waals surface area contributed by atoms with E-state index in [0.29, 0.717) is 0 Å². The fourth-order valence-electron chi connectivity index (χ4n) is 3.92. The highest BCUT2D eigenvalue weighted by atomic mass is 32.1. The molecule has 0 fully saturated rings. The van der Waals surface area contributed by atoms with Gasteiger partial charge in [0.05, 0.1) is 16.6 Å². The zero-order valence-electron chi connectivity index (χ0n) is 16.2. The lowest BCUT2D eigenvalue weighted by Crippen LogP contribution is -1.85. The van der Waals surface area contributed by atoms with Gasteiger partial charge in [-0.3, -0.25) is 10.1 Å². The van der Waals surface area contributed by atoms with Crippen LogP contribution >= 0.6 is 11.3 Å². The Kier molecular flexibility index (Phi) is 3.79. The molecule has 6 rings (SSSR count). The van der Waals surface area contributed by atoms with Crippen molar-refractivity contribution in [1.82, 2.24) is 25.1 Å². The summed E-state index contributed by atoms with van der Waals surface area (Å²) in [6.45, 7) is 2.10. The molecule has 2 N–H and O–H groups in total. The van der Waals surface area contributed by atoms with E-state index in [2.05, 4.69) is 80.3 Å². The first kappa shape index (κ1) is 17.1. The summed E-state index contributed by atoms with van der Waals surface area (Å²) in [7, 11) is 0. The average Bonchev–Trinajstić information content (AvgIpc) is 3.51. The summed E-state index contributed by atoms with van der Waals surface area (Å²) < 4.78 is 0. The number of aromatic nitrogens is 5. The number of hydrogen-bond acceptors (Lipinski definition) is 4. The van der Waals surface area contributed by atoms with Gasteiger partial charge in [-0.2, -0.15) is 16.4 Å². The van der Waals surface area contributed by atoms with Crippen LogP contribution in [0.2, 0.25) is 0 Å². The van der Waals surface area contributed by atoms with E-state index >= 15 is 0 Å². The Balaban J connectivity index is 1.53. The van der Waals surface area contributed by atoms with Crippen LogP contribution in [-0.2, 0) is 0 Å². The number of pyridine rings is 1. The first-order valence-corrected chi connectivity index (χ1v) is 10.6. The first-order valence-electron chi connectivity index (χ1n) is 9.69. The number of fused-ring (bicyclic) bond motifs is 2. The van der Waals surface area contributed by atoms with Crippen molar-refractivity contribution < 1.29 is 0 Å². The van der Waals surface area contributed by atoms with E-state index in [1.165, 1.54) is 11.1 Å². The van der Waals surface area contributed by atoms with Gasteiger partial charge in [0.1, 0.15) is 5.69 Å². The minimum Gasteiger partial charge on any atom is -0.337 e. The molecule has 0 spiro atoms. The number of H-pyrrole nitrogens is 2. The highest BCUT2D eigenvalue weighted by molar-refractivity contribution is 7.08. The van der Waals surface area contributed by atoms with Crippen LogP contribution in [0.1, 0.15) is 5.56 Å². The summed E-state index contributed by atoms with van der Waals surface area (Å²) in [5.41, 5.74) is 9.51. The molecule has 0 aliphatic carbocycles. The summed E-state index contributed by atoms with van der Waals surface area (Å²) in [6, 6.07) is 16.7. The summed E-state index contributed by atoms with van der Waals surface area (Å²) in [6.07, 6.45) is 3.73. The predicted molar refractivity (Wildman–Crippen MR) is 122 cm³/mol. The van der Waals surface area contributed by atoms with Crippen LogP contribution in [0.15, 0.2) is 71.7 Å². The fraction of sp³-hybridized carbons (Fsp3) is 0.0417. The van der Waals surface area contributed by atoms with Crippen molar-refractivity contribution in [3.05, 3.63) is 77.2 Å². The zero-order valence-corrected chi connectivity index (χ0v) is 17.0. The molecule has 0 saturated carbocycles. The monoisotopic (exact) mass is 407 g/mol. The predicted octanol–water partition coefficient (Wildman–Crippen LogP) is 6.21. The van der Waals surface area contributed by atoms with Gasteiger partial charge in [0.2, 0.25) is 0 Å². The van der Waals surface area contributed by atoms with Crippen LogP contribution in [-0.4, -0.2) is 25.1 Å². The number of imidazole rings is 1. The van der Waals surface area contributed by atoms with Crippen molar-refractivity contribution in [3.63, 3.8) is 0 Å². The van der Waals surface area contributed by atoms with E-state index in [9.17, 15) is 0 Å². The quantitative estimate of drug-likeness (QED) is 0.367. The maximum atomic E-state index is 4.94. The van der Waals surface area contributed by atoms with Crippen molar-refractivity contribution in [2.45, 2.75) is 6.92 Å². The Labute approximate surface area is 176 Å². The second-order valence-corrected chi connectivity index (χ2v) is 8.10. The SMILES string of the molecule is Cc1ccncc1-c1ccc2[nH]nc(-c3nc4c(-c5ccsc5)cccc4[nH]3)c2c1. The standard InChI is InChI=1S/C24H17N5S/c1-14-7-9-25-12-19(14)15-5-6-20-18(11-15)23(29-28-20)24-26-21-4-2-3-17(22(21)27-24)16-8-10-30-13-16/h2-13H,1H3,(H,26,27)(H,28,29). The number of nitrogens with one attached hydrogen (secondary N) is 2.